The Balaban J connectivity index is 3.70. The number of aliphatic hydroxyl groups is 1. The van der Waals surface area contributed by atoms with Gasteiger partial charge in [0.1, 0.15) is 6.61 Å². The molecule has 442 valence electrons. The summed E-state index contributed by atoms with van der Waals surface area (Å²) in [5.74, 6) is -0.661. The molecule has 0 bridgehead atoms. The SMILES string of the molecule is CC/C=C\C/C=C\C/C=C\C/C=C\C/C=C\C/C=C\C/C=C\C/C=C\C/C=C\CCCCCCCCCC(=O)OC(CO)COC(=O)CCCCC/C=C\C/C=C\C/C=C\C/C=C\C/C=C\C/C=C\C/C=C\C/C=C\C/C=C\CC. The quantitative estimate of drug-likeness (QED) is 0.0373. The standard InChI is InChI=1S/C75H112O5/c1-3-5-7-9-11-13-15-17-19-21-23-25-27-29-31-33-35-36-37-38-40-42-44-46-48-50-52-54-56-58-60-62-64-66-68-70-75(78)80-73(71-76)72-79-74(77)69-67-65-63-61-59-57-55-53-51-49-47-45-43-41-39-34-32-30-28-26-24-22-20-18-16-14-12-10-8-6-4-2/h5-8,11-14,17-20,23-26,29-32,35-36,38-41,44-47,50-53,57,59,73,76H,3-4,9-10,15-16,21-22,27-28,33-34,37,42-43,48-49,54-56,58,60-72H2,1-2H3/b7-5-,8-6-,13-11-,14-12-,19-17-,20-18-,25-23-,26-24-,31-29-,32-30-,36-35-,40-38-,41-39-,46-44-,47-45-,52-50-,53-51-,59-57-. The van der Waals surface area contributed by atoms with E-state index in [2.05, 4.69) is 233 Å². The van der Waals surface area contributed by atoms with E-state index in [4.69, 9.17) is 9.47 Å². The zero-order chi connectivity index (χ0) is 57.6. The molecule has 0 aliphatic carbocycles. The number of ether oxygens (including phenoxy) is 2. The van der Waals surface area contributed by atoms with E-state index >= 15 is 0 Å². The van der Waals surface area contributed by atoms with Crippen molar-refractivity contribution in [2.45, 2.75) is 225 Å². The van der Waals surface area contributed by atoms with E-state index < -0.39 is 6.10 Å². The van der Waals surface area contributed by atoms with Gasteiger partial charge in [-0.15, -0.1) is 0 Å². The van der Waals surface area contributed by atoms with E-state index in [0.717, 1.165) is 167 Å². The first kappa shape index (κ1) is 74.2. The smallest absolute Gasteiger partial charge is 0.306 e. The molecule has 1 atom stereocenters. The van der Waals surface area contributed by atoms with Crippen molar-refractivity contribution in [1.82, 2.24) is 0 Å². The van der Waals surface area contributed by atoms with Crippen molar-refractivity contribution in [2.24, 2.45) is 0 Å². The Kier molecular flexibility index (Phi) is 62.6. The van der Waals surface area contributed by atoms with Crippen molar-refractivity contribution >= 4 is 11.9 Å². The van der Waals surface area contributed by atoms with E-state index in [1.54, 1.807) is 0 Å². The highest BCUT2D eigenvalue weighted by molar-refractivity contribution is 5.70. The van der Waals surface area contributed by atoms with Crippen LogP contribution in [0.25, 0.3) is 0 Å². The second-order valence-corrected chi connectivity index (χ2v) is 19.7. The van der Waals surface area contributed by atoms with E-state index in [0.29, 0.717) is 12.8 Å². The van der Waals surface area contributed by atoms with Crippen LogP contribution in [0.3, 0.4) is 0 Å². The highest BCUT2D eigenvalue weighted by Crippen LogP contribution is 2.12. The molecule has 0 amide bonds. The fourth-order valence-corrected chi connectivity index (χ4v) is 7.66. The van der Waals surface area contributed by atoms with Gasteiger partial charge in [-0.05, 0) is 154 Å². The molecule has 0 aromatic carbocycles. The molecular weight excluding hydrogens is 981 g/mol. The van der Waals surface area contributed by atoms with Gasteiger partial charge in [-0.1, -0.05) is 271 Å². The van der Waals surface area contributed by atoms with Crippen molar-refractivity contribution < 1.29 is 24.2 Å². The van der Waals surface area contributed by atoms with Crippen molar-refractivity contribution in [3.8, 4) is 0 Å². The van der Waals surface area contributed by atoms with Gasteiger partial charge in [0.2, 0.25) is 0 Å². The summed E-state index contributed by atoms with van der Waals surface area (Å²) < 4.78 is 10.7. The summed E-state index contributed by atoms with van der Waals surface area (Å²) in [6, 6.07) is 0. The third kappa shape index (κ3) is 64.7. The highest BCUT2D eigenvalue weighted by Gasteiger charge is 2.16. The van der Waals surface area contributed by atoms with Crippen LogP contribution in [0.4, 0.5) is 0 Å². The topological polar surface area (TPSA) is 72.8 Å². The second kappa shape index (κ2) is 67.5. The lowest BCUT2D eigenvalue weighted by molar-refractivity contribution is -0.161. The number of carbonyl (C=O) groups excluding carboxylic acids is 2. The van der Waals surface area contributed by atoms with Crippen molar-refractivity contribution in [2.75, 3.05) is 13.2 Å². The number of carbonyl (C=O) groups is 2. The molecule has 1 unspecified atom stereocenters. The molecule has 0 spiro atoms. The number of allylic oxidation sites excluding steroid dienone is 36. The molecule has 0 aliphatic rings. The molecule has 5 heteroatoms. The van der Waals surface area contributed by atoms with Crippen molar-refractivity contribution in [1.29, 1.82) is 0 Å². The number of esters is 2. The zero-order valence-electron chi connectivity index (χ0n) is 50.5. The molecule has 80 heavy (non-hydrogen) atoms. The van der Waals surface area contributed by atoms with Crippen LogP contribution in [0.1, 0.15) is 219 Å². The molecule has 1 N–H and O–H groups in total. The number of hydrogen-bond donors (Lipinski definition) is 1. The molecule has 5 nitrogen and oxygen atoms in total. The summed E-state index contributed by atoms with van der Waals surface area (Å²) in [6.07, 6.45) is 111. The highest BCUT2D eigenvalue weighted by atomic mass is 16.6. The Labute approximate surface area is 491 Å². The lowest BCUT2D eigenvalue weighted by Crippen LogP contribution is -2.28. The first-order valence-corrected chi connectivity index (χ1v) is 31.3. The van der Waals surface area contributed by atoms with Gasteiger partial charge in [0, 0.05) is 12.8 Å². The third-order valence-electron chi connectivity index (χ3n) is 12.3. The van der Waals surface area contributed by atoms with Gasteiger partial charge in [-0.3, -0.25) is 9.59 Å². The van der Waals surface area contributed by atoms with Crippen LogP contribution in [0, 0.1) is 0 Å². The summed E-state index contributed by atoms with van der Waals surface area (Å²) in [5.41, 5.74) is 0. The molecular formula is C75H112O5. The molecule has 0 aliphatic heterocycles. The van der Waals surface area contributed by atoms with Crippen molar-refractivity contribution in [3.05, 3.63) is 219 Å². The fraction of sp³-hybridized carbons (Fsp3) is 0.493. The van der Waals surface area contributed by atoms with Crippen LogP contribution < -0.4 is 0 Å². The minimum Gasteiger partial charge on any atom is -0.462 e. The molecule has 0 radical (unpaired) electrons. The minimum atomic E-state index is -0.813. The number of unbranched alkanes of at least 4 members (excludes halogenated alkanes) is 10. The normalized spacial score (nSPS) is 13.8. The Morgan fingerprint density at radius 3 is 0.762 bits per heavy atom. The first-order chi connectivity index (χ1) is 39.6. The maximum atomic E-state index is 12.3. The Hall–Kier alpha value is -5.78. The van der Waals surface area contributed by atoms with E-state index in [1.807, 2.05) is 0 Å². The second-order valence-electron chi connectivity index (χ2n) is 19.7. The van der Waals surface area contributed by atoms with Gasteiger partial charge in [0.25, 0.3) is 0 Å². The number of aliphatic hydroxyl groups excluding tert-OH is 1. The maximum absolute atomic E-state index is 12.3. The Morgan fingerprint density at radius 2 is 0.500 bits per heavy atom. The molecule has 0 rings (SSSR count). The van der Waals surface area contributed by atoms with Crippen LogP contribution in [-0.2, 0) is 19.1 Å². The van der Waals surface area contributed by atoms with Gasteiger partial charge >= 0.3 is 11.9 Å². The fourth-order valence-electron chi connectivity index (χ4n) is 7.66. The van der Waals surface area contributed by atoms with Gasteiger partial charge in [0.05, 0.1) is 6.61 Å². The monoisotopic (exact) mass is 1090 g/mol. The van der Waals surface area contributed by atoms with Crippen molar-refractivity contribution in [3.63, 3.8) is 0 Å². The minimum absolute atomic E-state index is 0.104. The third-order valence-corrected chi connectivity index (χ3v) is 12.3. The molecule has 0 aromatic heterocycles. The van der Waals surface area contributed by atoms with E-state index in [1.165, 1.54) is 25.7 Å². The first-order valence-electron chi connectivity index (χ1n) is 31.3. The zero-order valence-corrected chi connectivity index (χ0v) is 50.5. The number of rotatable bonds is 54. The van der Waals surface area contributed by atoms with Gasteiger partial charge in [-0.25, -0.2) is 0 Å². The Morgan fingerprint density at radius 1 is 0.287 bits per heavy atom. The largest absolute Gasteiger partial charge is 0.462 e. The lowest BCUT2D eigenvalue weighted by Gasteiger charge is -2.15. The molecule has 0 aromatic rings. The average Bonchev–Trinajstić information content (AvgIpc) is 3.46. The van der Waals surface area contributed by atoms with Crippen LogP contribution in [0.2, 0.25) is 0 Å². The summed E-state index contributed by atoms with van der Waals surface area (Å²) >= 11 is 0. The lowest BCUT2D eigenvalue weighted by atomic mass is 10.1. The summed E-state index contributed by atoms with van der Waals surface area (Å²) in [4.78, 5) is 24.6. The number of hydrogen-bond acceptors (Lipinski definition) is 5. The van der Waals surface area contributed by atoms with E-state index in [9.17, 15) is 14.7 Å². The molecule has 0 fully saturated rings. The Bertz CT molecular complexity index is 1960. The summed E-state index contributed by atoms with van der Waals surface area (Å²) in [5, 5.41) is 9.68. The van der Waals surface area contributed by atoms with Gasteiger partial charge in [-0.2, -0.15) is 0 Å². The predicted molar refractivity (Wildman–Crippen MR) is 352 cm³/mol. The van der Waals surface area contributed by atoms with Crippen LogP contribution in [0.15, 0.2) is 219 Å². The molecule has 0 saturated carbocycles. The van der Waals surface area contributed by atoms with Gasteiger partial charge < -0.3 is 14.6 Å². The maximum Gasteiger partial charge on any atom is 0.306 e. The summed E-state index contributed by atoms with van der Waals surface area (Å²) in [7, 11) is 0. The van der Waals surface area contributed by atoms with Gasteiger partial charge in [0.15, 0.2) is 6.10 Å². The van der Waals surface area contributed by atoms with E-state index in [-0.39, 0.29) is 25.2 Å². The average molecular weight is 1090 g/mol. The van der Waals surface area contributed by atoms with Crippen LogP contribution >= 0.6 is 0 Å². The molecule has 0 saturated heterocycles. The predicted octanol–water partition coefficient (Wildman–Crippen LogP) is 22.0. The van der Waals surface area contributed by atoms with Crippen LogP contribution in [0.5, 0.6) is 0 Å². The molecule has 0 heterocycles. The summed E-state index contributed by atoms with van der Waals surface area (Å²) in [6.45, 7) is 3.86. The van der Waals surface area contributed by atoms with Crippen LogP contribution in [-0.4, -0.2) is 36.4 Å².